The number of ether oxygens (including phenoxy) is 1. The smallest absolute Gasteiger partial charge is 0.319 e. The first-order valence-electron chi connectivity index (χ1n) is 6.21. The van der Waals surface area contributed by atoms with Gasteiger partial charge in [-0.05, 0) is 35.9 Å². The molecular formula is C15H14ClFN2O2. The maximum Gasteiger partial charge on any atom is 0.319 e. The number of carbonyl (C=O) groups is 1. The molecule has 0 saturated carbocycles. The van der Waals surface area contributed by atoms with Crippen LogP contribution in [0.5, 0.6) is 5.75 Å². The summed E-state index contributed by atoms with van der Waals surface area (Å²) in [6.45, 7) is 0.366. The Kier molecular flexibility index (Phi) is 5.00. The Bertz CT molecular complexity index is 632. The molecular weight excluding hydrogens is 295 g/mol. The van der Waals surface area contributed by atoms with Crippen LogP contribution >= 0.6 is 11.6 Å². The van der Waals surface area contributed by atoms with Gasteiger partial charge < -0.3 is 15.4 Å². The maximum absolute atomic E-state index is 13.0. The van der Waals surface area contributed by atoms with Crippen molar-refractivity contribution in [2.24, 2.45) is 0 Å². The Labute approximate surface area is 126 Å². The number of anilines is 1. The summed E-state index contributed by atoms with van der Waals surface area (Å²) in [6, 6.07) is 10.9. The fraction of sp³-hybridized carbons (Fsp3) is 0.133. The van der Waals surface area contributed by atoms with Gasteiger partial charge in [-0.3, -0.25) is 0 Å². The molecule has 0 unspecified atom stereocenters. The molecule has 0 bridgehead atoms. The molecule has 6 heteroatoms. The summed E-state index contributed by atoms with van der Waals surface area (Å²) >= 11 is 5.64. The lowest BCUT2D eigenvalue weighted by atomic mass is 10.2. The molecule has 110 valence electrons. The van der Waals surface area contributed by atoms with E-state index < -0.39 is 11.8 Å². The van der Waals surface area contributed by atoms with Gasteiger partial charge in [-0.25, -0.2) is 9.18 Å². The Morgan fingerprint density at radius 2 is 1.95 bits per heavy atom. The Morgan fingerprint density at radius 1 is 1.24 bits per heavy atom. The predicted molar refractivity (Wildman–Crippen MR) is 80.3 cm³/mol. The Hall–Kier alpha value is -2.27. The zero-order valence-electron chi connectivity index (χ0n) is 11.3. The van der Waals surface area contributed by atoms with E-state index in [1.54, 1.807) is 7.11 Å². The fourth-order valence-electron chi connectivity index (χ4n) is 1.67. The molecule has 4 nitrogen and oxygen atoms in total. The highest BCUT2D eigenvalue weighted by Crippen LogP contribution is 2.19. The highest BCUT2D eigenvalue weighted by Gasteiger charge is 2.05. The third-order valence-electron chi connectivity index (χ3n) is 2.79. The number of amides is 2. The van der Waals surface area contributed by atoms with Crippen LogP contribution in [0.4, 0.5) is 14.9 Å². The average Bonchev–Trinajstić information content (AvgIpc) is 2.49. The van der Waals surface area contributed by atoms with E-state index >= 15 is 0 Å². The molecule has 2 aromatic rings. The van der Waals surface area contributed by atoms with Crippen LogP contribution in [-0.4, -0.2) is 13.1 Å². The summed E-state index contributed by atoms with van der Waals surface area (Å²) in [5.41, 5.74) is 1.36. The summed E-state index contributed by atoms with van der Waals surface area (Å²) in [5.74, 6) is 0.227. The lowest BCUT2D eigenvalue weighted by Gasteiger charge is -2.08. The van der Waals surface area contributed by atoms with Gasteiger partial charge in [0.15, 0.2) is 0 Å². The molecule has 2 N–H and O–H groups in total. The summed E-state index contributed by atoms with van der Waals surface area (Å²) in [7, 11) is 1.59. The van der Waals surface area contributed by atoms with E-state index in [-0.39, 0.29) is 5.02 Å². The number of hydrogen-bond donors (Lipinski definition) is 2. The summed E-state index contributed by atoms with van der Waals surface area (Å²) in [4.78, 5) is 11.7. The van der Waals surface area contributed by atoms with Crippen molar-refractivity contribution in [3.63, 3.8) is 0 Å². The number of rotatable bonds is 4. The third-order valence-corrected chi connectivity index (χ3v) is 3.08. The molecule has 2 amide bonds. The van der Waals surface area contributed by atoms with Crippen molar-refractivity contribution < 1.29 is 13.9 Å². The standard InChI is InChI=1S/C15H14ClFN2O2/c1-21-12-5-2-10(3-6-12)9-18-15(20)19-11-4-7-14(17)13(16)8-11/h2-8H,9H2,1H3,(H2,18,19,20). The molecule has 2 aromatic carbocycles. The van der Waals surface area contributed by atoms with E-state index in [1.807, 2.05) is 24.3 Å². The van der Waals surface area contributed by atoms with Crippen molar-refractivity contribution in [2.45, 2.75) is 6.54 Å². The van der Waals surface area contributed by atoms with E-state index in [0.29, 0.717) is 12.2 Å². The lowest BCUT2D eigenvalue weighted by molar-refractivity contribution is 0.251. The van der Waals surface area contributed by atoms with Gasteiger partial charge in [0.1, 0.15) is 11.6 Å². The first kappa shape index (κ1) is 15.1. The number of halogens is 2. The van der Waals surface area contributed by atoms with Crippen molar-refractivity contribution in [3.05, 3.63) is 58.9 Å². The van der Waals surface area contributed by atoms with Crippen molar-refractivity contribution in [1.82, 2.24) is 5.32 Å². The van der Waals surface area contributed by atoms with E-state index in [2.05, 4.69) is 10.6 Å². The summed E-state index contributed by atoms with van der Waals surface area (Å²) < 4.78 is 18.0. The van der Waals surface area contributed by atoms with Crippen LogP contribution in [0, 0.1) is 5.82 Å². The average molecular weight is 309 g/mol. The second-order valence-corrected chi connectivity index (χ2v) is 4.69. The molecule has 0 atom stereocenters. The number of nitrogens with one attached hydrogen (secondary N) is 2. The Morgan fingerprint density at radius 3 is 2.57 bits per heavy atom. The molecule has 0 fully saturated rings. The third kappa shape index (κ3) is 4.36. The molecule has 0 aliphatic carbocycles. The van der Waals surface area contributed by atoms with Crippen molar-refractivity contribution in [3.8, 4) is 5.75 Å². The minimum Gasteiger partial charge on any atom is -0.497 e. The van der Waals surface area contributed by atoms with Crippen LogP contribution in [0.25, 0.3) is 0 Å². The molecule has 0 aromatic heterocycles. The molecule has 21 heavy (non-hydrogen) atoms. The number of urea groups is 1. The van der Waals surface area contributed by atoms with Gasteiger partial charge in [-0.1, -0.05) is 23.7 Å². The fourth-order valence-corrected chi connectivity index (χ4v) is 1.86. The zero-order valence-corrected chi connectivity index (χ0v) is 12.1. The quantitative estimate of drug-likeness (QED) is 0.902. The Balaban J connectivity index is 1.87. The first-order chi connectivity index (χ1) is 10.1. The lowest BCUT2D eigenvalue weighted by Crippen LogP contribution is -2.28. The predicted octanol–water partition coefficient (Wildman–Crippen LogP) is 3.81. The highest BCUT2D eigenvalue weighted by atomic mass is 35.5. The zero-order chi connectivity index (χ0) is 15.2. The molecule has 0 aliphatic heterocycles. The van der Waals surface area contributed by atoms with Crippen molar-refractivity contribution in [1.29, 1.82) is 0 Å². The molecule has 0 saturated heterocycles. The van der Waals surface area contributed by atoms with Gasteiger partial charge in [0, 0.05) is 12.2 Å². The second-order valence-electron chi connectivity index (χ2n) is 4.28. The maximum atomic E-state index is 13.0. The monoisotopic (exact) mass is 308 g/mol. The summed E-state index contributed by atoms with van der Waals surface area (Å²) in [5, 5.41) is 5.23. The topological polar surface area (TPSA) is 50.4 Å². The van der Waals surface area contributed by atoms with Gasteiger partial charge >= 0.3 is 6.03 Å². The normalized spacial score (nSPS) is 10.0. The first-order valence-corrected chi connectivity index (χ1v) is 6.59. The van der Waals surface area contributed by atoms with Crippen LogP contribution in [0.15, 0.2) is 42.5 Å². The molecule has 2 rings (SSSR count). The number of benzene rings is 2. The van der Waals surface area contributed by atoms with E-state index in [9.17, 15) is 9.18 Å². The van der Waals surface area contributed by atoms with Crippen molar-refractivity contribution in [2.75, 3.05) is 12.4 Å². The van der Waals surface area contributed by atoms with Crippen LogP contribution in [0.2, 0.25) is 5.02 Å². The van der Waals surface area contributed by atoms with Crippen LogP contribution in [-0.2, 0) is 6.54 Å². The minimum absolute atomic E-state index is 0.0389. The van der Waals surface area contributed by atoms with E-state index in [1.165, 1.54) is 18.2 Å². The van der Waals surface area contributed by atoms with Gasteiger partial charge in [-0.15, -0.1) is 0 Å². The molecule has 0 heterocycles. The second kappa shape index (κ2) is 6.95. The summed E-state index contributed by atoms with van der Waals surface area (Å²) in [6.07, 6.45) is 0. The van der Waals surface area contributed by atoms with Crippen LogP contribution < -0.4 is 15.4 Å². The van der Waals surface area contributed by atoms with Gasteiger partial charge in [-0.2, -0.15) is 0 Å². The van der Waals surface area contributed by atoms with Gasteiger partial charge in [0.05, 0.1) is 12.1 Å². The molecule has 0 spiro atoms. The minimum atomic E-state index is -0.527. The van der Waals surface area contributed by atoms with E-state index in [4.69, 9.17) is 16.3 Å². The molecule has 0 radical (unpaired) electrons. The van der Waals surface area contributed by atoms with Gasteiger partial charge in [0.25, 0.3) is 0 Å². The largest absolute Gasteiger partial charge is 0.497 e. The molecule has 0 aliphatic rings. The SMILES string of the molecule is COc1ccc(CNC(=O)Nc2ccc(F)c(Cl)c2)cc1. The highest BCUT2D eigenvalue weighted by molar-refractivity contribution is 6.31. The van der Waals surface area contributed by atoms with Crippen molar-refractivity contribution >= 4 is 23.3 Å². The van der Waals surface area contributed by atoms with Crippen LogP contribution in [0.3, 0.4) is 0 Å². The number of hydrogen-bond acceptors (Lipinski definition) is 2. The number of methoxy groups -OCH3 is 1. The van der Waals surface area contributed by atoms with E-state index in [0.717, 1.165) is 11.3 Å². The van der Waals surface area contributed by atoms with Gasteiger partial charge in [0.2, 0.25) is 0 Å². The number of carbonyl (C=O) groups excluding carboxylic acids is 1. The van der Waals surface area contributed by atoms with Crippen LogP contribution in [0.1, 0.15) is 5.56 Å².